The van der Waals surface area contributed by atoms with E-state index in [0.717, 1.165) is 41.1 Å². The molecule has 0 bridgehead atoms. The summed E-state index contributed by atoms with van der Waals surface area (Å²) in [6.07, 6.45) is 5.58. The van der Waals surface area contributed by atoms with Gasteiger partial charge in [-0.1, -0.05) is 0 Å². The van der Waals surface area contributed by atoms with E-state index in [4.69, 9.17) is 10.2 Å². The van der Waals surface area contributed by atoms with Crippen molar-refractivity contribution in [3.63, 3.8) is 0 Å². The molecule has 0 radical (unpaired) electrons. The van der Waals surface area contributed by atoms with E-state index < -0.39 is 0 Å². The maximum Gasteiger partial charge on any atom is 0.209 e. The molecule has 4 nitrogen and oxygen atoms in total. The fourth-order valence-electron chi connectivity index (χ4n) is 2.78. The van der Waals surface area contributed by atoms with Crippen molar-refractivity contribution >= 4 is 16.8 Å². The first-order chi connectivity index (χ1) is 9.76. The number of oxazole rings is 1. The number of fused-ring (bicyclic) bond motifs is 1. The highest BCUT2D eigenvalue weighted by Gasteiger charge is 2.29. The minimum Gasteiger partial charge on any atom is -0.439 e. The second-order valence-corrected chi connectivity index (χ2v) is 6.42. The number of hydrogen-bond donors (Lipinski definition) is 1. The fraction of sp³-hybridized carbons (Fsp3) is 0.562. The third-order valence-electron chi connectivity index (χ3n) is 4.24. The topological polar surface area (TPSA) is 55.3 Å². The van der Waals surface area contributed by atoms with Crippen LogP contribution in [0.15, 0.2) is 22.6 Å². The van der Waals surface area contributed by atoms with E-state index >= 15 is 0 Å². The fourth-order valence-corrected chi connectivity index (χ4v) is 2.78. The van der Waals surface area contributed by atoms with Crippen molar-refractivity contribution < 1.29 is 4.42 Å². The van der Waals surface area contributed by atoms with Crippen molar-refractivity contribution in [2.75, 3.05) is 18.8 Å². The molecule has 20 heavy (non-hydrogen) atoms. The van der Waals surface area contributed by atoms with Crippen molar-refractivity contribution in [3.8, 4) is 0 Å². The van der Waals surface area contributed by atoms with E-state index in [0.29, 0.717) is 0 Å². The van der Waals surface area contributed by atoms with Crippen LogP contribution in [-0.4, -0.2) is 23.0 Å². The number of anilines is 1. The minimum atomic E-state index is 0.730. The molecule has 0 unspecified atom stereocenters. The quantitative estimate of drug-likeness (QED) is 0.820. The molecular weight excluding hydrogens is 250 g/mol. The van der Waals surface area contributed by atoms with E-state index in [1.54, 1.807) is 0 Å². The summed E-state index contributed by atoms with van der Waals surface area (Å²) in [6, 6.07) is 5.67. The predicted octanol–water partition coefficient (Wildman–Crippen LogP) is 3.03. The Morgan fingerprint density at radius 2 is 1.85 bits per heavy atom. The monoisotopic (exact) mass is 271 g/mol. The molecule has 1 aromatic heterocycles. The SMILES string of the molecule is Nc1ccc2nc(CN(CC3CC3)CC3CC3)oc2c1. The van der Waals surface area contributed by atoms with Gasteiger partial charge in [0, 0.05) is 24.8 Å². The van der Waals surface area contributed by atoms with Gasteiger partial charge in [0.15, 0.2) is 5.58 Å². The van der Waals surface area contributed by atoms with Crippen LogP contribution in [0.3, 0.4) is 0 Å². The number of benzene rings is 1. The molecule has 0 aliphatic heterocycles. The number of aromatic nitrogens is 1. The molecule has 4 heteroatoms. The van der Waals surface area contributed by atoms with Crippen LogP contribution in [0.4, 0.5) is 5.69 Å². The highest BCUT2D eigenvalue weighted by Crippen LogP contribution is 2.34. The maximum atomic E-state index is 5.85. The molecule has 1 heterocycles. The predicted molar refractivity (Wildman–Crippen MR) is 79.1 cm³/mol. The van der Waals surface area contributed by atoms with Gasteiger partial charge < -0.3 is 10.2 Å². The molecule has 0 atom stereocenters. The average molecular weight is 271 g/mol. The summed E-state index contributed by atoms with van der Waals surface area (Å²) >= 11 is 0. The van der Waals surface area contributed by atoms with Crippen LogP contribution in [0, 0.1) is 11.8 Å². The third-order valence-corrected chi connectivity index (χ3v) is 4.24. The van der Waals surface area contributed by atoms with Gasteiger partial charge in [-0.25, -0.2) is 4.98 Å². The van der Waals surface area contributed by atoms with E-state index in [1.165, 1.54) is 38.8 Å². The van der Waals surface area contributed by atoms with Gasteiger partial charge in [0.2, 0.25) is 5.89 Å². The highest BCUT2D eigenvalue weighted by atomic mass is 16.3. The number of nitrogen functional groups attached to an aromatic ring is 1. The summed E-state index contributed by atoms with van der Waals surface area (Å²) in [7, 11) is 0. The van der Waals surface area contributed by atoms with Gasteiger partial charge in [0.25, 0.3) is 0 Å². The Morgan fingerprint density at radius 1 is 1.15 bits per heavy atom. The molecule has 2 aliphatic rings. The summed E-state index contributed by atoms with van der Waals surface area (Å²) < 4.78 is 5.85. The lowest BCUT2D eigenvalue weighted by Crippen LogP contribution is -2.28. The lowest BCUT2D eigenvalue weighted by atomic mass is 10.3. The molecule has 0 amide bonds. The molecule has 2 N–H and O–H groups in total. The molecule has 2 aliphatic carbocycles. The first kappa shape index (κ1) is 12.2. The van der Waals surface area contributed by atoms with Gasteiger partial charge in [0.1, 0.15) is 5.52 Å². The van der Waals surface area contributed by atoms with Crippen molar-refractivity contribution in [1.82, 2.24) is 9.88 Å². The van der Waals surface area contributed by atoms with Crippen LogP contribution in [0.25, 0.3) is 11.1 Å². The molecular formula is C16H21N3O. The van der Waals surface area contributed by atoms with Gasteiger partial charge in [-0.3, -0.25) is 4.90 Å². The Morgan fingerprint density at radius 3 is 2.50 bits per heavy atom. The van der Waals surface area contributed by atoms with E-state index in [1.807, 2.05) is 18.2 Å². The summed E-state index contributed by atoms with van der Waals surface area (Å²) in [5, 5.41) is 0. The zero-order valence-corrected chi connectivity index (χ0v) is 11.7. The summed E-state index contributed by atoms with van der Waals surface area (Å²) in [5.41, 5.74) is 8.23. The second kappa shape index (κ2) is 4.77. The smallest absolute Gasteiger partial charge is 0.209 e. The Bertz CT molecular complexity index is 599. The first-order valence-electron chi connectivity index (χ1n) is 7.63. The molecule has 4 rings (SSSR count). The Balaban J connectivity index is 1.50. The minimum absolute atomic E-state index is 0.730. The van der Waals surface area contributed by atoms with Crippen molar-refractivity contribution in [2.45, 2.75) is 32.2 Å². The van der Waals surface area contributed by atoms with Crippen LogP contribution in [-0.2, 0) is 6.54 Å². The summed E-state index contributed by atoms with van der Waals surface area (Å²) in [6.45, 7) is 3.25. The Labute approximate surface area is 118 Å². The van der Waals surface area contributed by atoms with Gasteiger partial charge in [-0.15, -0.1) is 0 Å². The Kier molecular flexibility index (Phi) is 2.91. The molecule has 2 saturated carbocycles. The van der Waals surface area contributed by atoms with Gasteiger partial charge in [-0.2, -0.15) is 0 Å². The van der Waals surface area contributed by atoms with Crippen LogP contribution < -0.4 is 5.73 Å². The van der Waals surface area contributed by atoms with Crippen LogP contribution in [0.2, 0.25) is 0 Å². The third kappa shape index (κ3) is 2.80. The van der Waals surface area contributed by atoms with E-state index in [-0.39, 0.29) is 0 Å². The lowest BCUT2D eigenvalue weighted by molar-refractivity contribution is 0.223. The van der Waals surface area contributed by atoms with Gasteiger partial charge >= 0.3 is 0 Å². The number of hydrogen-bond acceptors (Lipinski definition) is 4. The zero-order chi connectivity index (χ0) is 13.5. The average Bonchev–Trinajstić information content (AvgIpc) is 3.31. The summed E-state index contributed by atoms with van der Waals surface area (Å²) in [4.78, 5) is 7.12. The largest absolute Gasteiger partial charge is 0.439 e. The maximum absolute atomic E-state index is 5.85. The zero-order valence-electron chi connectivity index (χ0n) is 11.7. The molecule has 2 fully saturated rings. The second-order valence-electron chi connectivity index (χ2n) is 6.42. The number of nitrogens with two attached hydrogens (primary N) is 1. The van der Waals surface area contributed by atoms with Crippen molar-refractivity contribution in [1.29, 1.82) is 0 Å². The van der Waals surface area contributed by atoms with E-state index in [2.05, 4.69) is 9.88 Å². The normalized spacial score (nSPS) is 19.1. The standard InChI is InChI=1S/C16H21N3O/c17-13-5-6-14-15(7-13)20-16(18-14)10-19(8-11-1-2-11)9-12-3-4-12/h5-7,11-12H,1-4,8-10,17H2. The summed E-state index contributed by atoms with van der Waals surface area (Å²) in [5.74, 6) is 2.65. The van der Waals surface area contributed by atoms with Gasteiger partial charge in [-0.05, 0) is 49.7 Å². The molecule has 0 saturated heterocycles. The van der Waals surface area contributed by atoms with Crippen molar-refractivity contribution in [2.24, 2.45) is 11.8 Å². The molecule has 106 valence electrons. The van der Waals surface area contributed by atoms with E-state index in [9.17, 15) is 0 Å². The molecule has 1 aromatic carbocycles. The van der Waals surface area contributed by atoms with Crippen LogP contribution in [0.5, 0.6) is 0 Å². The van der Waals surface area contributed by atoms with Crippen LogP contribution in [0.1, 0.15) is 31.6 Å². The first-order valence-corrected chi connectivity index (χ1v) is 7.63. The van der Waals surface area contributed by atoms with Crippen LogP contribution >= 0.6 is 0 Å². The number of nitrogens with zero attached hydrogens (tertiary/aromatic N) is 2. The molecule has 2 aromatic rings. The van der Waals surface area contributed by atoms with Gasteiger partial charge in [0.05, 0.1) is 6.54 Å². The van der Waals surface area contributed by atoms with Crippen molar-refractivity contribution in [3.05, 3.63) is 24.1 Å². The molecule has 0 spiro atoms. The lowest BCUT2D eigenvalue weighted by Gasteiger charge is -2.20. The highest BCUT2D eigenvalue weighted by molar-refractivity contribution is 5.76. The Hall–Kier alpha value is -1.55. The number of rotatable bonds is 6.